The van der Waals surface area contributed by atoms with Crippen molar-refractivity contribution in [1.82, 2.24) is 19.3 Å². The number of aryl methyl sites for hydroxylation is 1. The van der Waals surface area contributed by atoms with Crippen molar-refractivity contribution in [2.45, 2.75) is 0 Å². The molecule has 0 saturated carbocycles. The molecule has 0 unspecified atom stereocenters. The first-order valence-corrected chi connectivity index (χ1v) is 5.41. The average molecular weight is 224 g/mol. The second kappa shape index (κ2) is 3.90. The highest BCUT2D eigenvalue weighted by molar-refractivity contribution is 5.57. The lowest BCUT2D eigenvalue weighted by Gasteiger charge is -1.99. The van der Waals surface area contributed by atoms with E-state index in [-0.39, 0.29) is 0 Å². The minimum Gasteiger partial charge on any atom is -0.334 e. The van der Waals surface area contributed by atoms with Crippen molar-refractivity contribution < 1.29 is 0 Å². The SMILES string of the molecule is Cn1cncc1-c1cnn(-c2ccccc2)c1. The summed E-state index contributed by atoms with van der Waals surface area (Å²) in [6, 6.07) is 10.1. The van der Waals surface area contributed by atoms with Crippen LogP contribution in [0, 0.1) is 0 Å². The molecule has 84 valence electrons. The Hall–Kier alpha value is -2.36. The maximum absolute atomic E-state index is 4.36. The van der Waals surface area contributed by atoms with Gasteiger partial charge in [0.15, 0.2) is 0 Å². The van der Waals surface area contributed by atoms with Crippen molar-refractivity contribution >= 4 is 0 Å². The molecule has 4 heteroatoms. The predicted octanol–water partition coefficient (Wildman–Crippen LogP) is 2.27. The molecular formula is C13H12N4. The first kappa shape index (κ1) is 9.84. The molecule has 3 aromatic rings. The molecular weight excluding hydrogens is 212 g/mol. The van der Waals surface area contributed by atoms with Gasteiger partial charge in [0, 0.05) is 18.8 Å². The van der Waals surface area contributed by atoms with Crippen LogP contribution in [0.3, 0.4) is 0 Å². The standard InChI is InChI=1S/C13H12N4/c1-16-10-14-8-13(16)11-7-15-17(9-11)12-5-3-2-4-6-12/h2-10H,1H3. The zero-order valence-electron chi connectivity index (χ0n) is 9.49. The van der Waals surface area contributed by atoms with E-state index >= 15 is 0 Å². The molecule has 0 fully saturated rings. The van der Waals surface area contributed by atoms with E-state index in [1.165, 1.54) is 0 Å². The number of aromatic nitrogens is 4. The zero-order chi connectivity index (χ0) is 11.7. The first-order chi connectivity index (χ1) is 8.34. The maximum Gasteiger partial charge on any atom is 0.0948 e. The van der Waals surface area contributed by atoms with Gasteiger partial charge in [-0.1, -0.05) is 18.2 Å². The van der Waals surface area contributed by atoms with E-state index in [2.05, 4.69) is 10.1 Å². The van der Waals surface area contributed by atoms with Crippen molar-refractivity contribution in [3.05, 3.63) is 55.2 Å². The Morgan fingerprint density at radius 1 is 1.06 bits per heavy atom. The minimum atomic E-state index is 1.06. The summed E-state index contributed by atoms with van der Waals surface area (Å²) >= 11 is 0. The molecule has 2 heterocycles. The molecule has 3 rings (SSSR count). The fourth-order valence-corrected chi connectivity index (χ4v) is 1.81. The summed E-state index contributed by atoms with van der Waals surface area (Å²) in [5, 5.41) is 4.36. The van der Waals surface area contributed by atoms with Gasteiger partial charge in [-0.3, -0.25) is 0 Å². The normalized spacial score (nSPS) is 10.6. The predicted molar refractivity (Wildman–Crippen MR) is 65.8 cm³/mol. The maximum atomic E-state index is 4.36. The molecule has 0 radical (unpaired) electrons. The summed E-state index contributed by atoms with van der Waals surface area (Å²) in [4.78, 5) is 4.11. The topological polar surface area (TPSA) is 35.6 Å². The molecule has 4 nitrogen and oxygen atoms in total. The van der Waals surface area contributed by atoms with E-state index in [0.717, 1.165) is 16.9 Å². The number of hydrogen-bond donors (Lipinski definition) is 0. The Kier molecular flexibility index (Phi) is 2.26. The molecule has 1 aromatic carbocycles. The van der Waals surface area contributed by atoms with Gasteiger partial charge < -0.3 is 4.57 Å². The average Bonchev–Trinajstić information content (AvgIpc) is 2.98. The minimum absolute atomic E-state index is 1.06. The van der Waals surface area contributed by atoms with Crippen LogP contribution in [0.15, 0.2) is 55.2 Å². The van der Waals surface area contributed by atoms with Gasteiger partial charge in [0.25, 0.3) is 0 Å². The third-order valence-corrected chi connectivity index (χ3v) is 2.72. The van der Waals surface area contributed by atoms with E-state index in [9.17, 15) is 0 Å². The van der Waals surface area contributed by atoms with Crippen molar-refractivity contribution in [3.63, 3.8) is 0 Å². The van der Waals surface area contributed by atoms with Crippen LogP contribution in [-0.2, 0) is 7.05 Å². The lowest BCUT2D eigenvalue weighted by atomic mass is 10.3. The van der Waals surface area contributed by atoms with Crippen molar-refractivity contribution in [3.8, 4) is 16.9 Å². The second-order valence-electron chi connectivity index (χ2n) is 3.90. The number of benzene rings is 1. The molecule has 0 saturated heterocycles. The summed E-state index contributed by atoms with van der Waals surface area (Å²) in [6.07, 6.45) is 7.48. The Balaban J connectivity index is 2.02. The van der Waals surface area contributed by atoms with Gasteiger partial charge in [-0.25, -0.2) is 9.67 Å². The van der Waals surface area contributed by atoms with Crippen molar-refractivity contribution in [2.24, 2.45) is 7.05 Å². The molecule has 0 aliphatic rings. The van der Waals surface area contributed by atoms with E-state index < -0.39 is 0 Å². The third kappa shape index (κ3) is 1.73. The monoisotopic (exact) mass is 224 g/mol. The molecule has 0 atom stereocenters. The van der Waals surface area contributed by atoms with Crippen molar-refractivity contribution in [2.75, 3.05) is 0 Å². The van der Waals surface area contributed by atoms with Crippen molar-refractivity contribution in [1.29, 1.82) is 0 Å². The highest BCUT2D eigenvalue weighted by atomic mass is 15.3. The van der Waals surface area contributed by atoms with Crippen LogP contribution >= 0.6 is 0 Å². The molecule has 2 aromatic heterocycles. The summed E-state index contributed by atoms with van der Waals surface area (Å²) in [5.41, 5.74) is 3.18. The van der Waals surface area contributed by atoms with Crippen LogP contribution in [0.25, 0.3) is 16.9 Å². The Labute approximate surface area is 99.2 Å². The van der Waals surface area contributed by atoms with Crippen LogP contribution in [0.4, 0.5) is 0 Å². The Bertz CT molecular complexity index is 622. The Morgan fingerprint density at radius 3 is 2.59 bits per heavy atom. The zero-order valence-corrected chi connectivity index (χ0v) is 9.49. The van der Waals surface area contributed by atoms with Gasteiger partial charge in [0.05, 0.1) is 30.1 Å². The molecule has 17 heavy (non-hydrogen) atoms. The highest BCUT2D eigenvalue weighted by Crippen LogP contribution is 2.18. The summed E-state index contributed by atoms with van der Waals surface area (Å²) < 4.78 is 3.84. The molecule has 0 aliphatic carbocycles. The number of imidazole rings is 1. The second-order valence-corrected chi connectivity index (χ2v) is 3.90. The van der Waals surface area contributed by atoms with Crippen LogP contribution < -0.4 is 0 Å². The van der Waals surface area contributed by atoms with E-state index in [4.69, 9.17) is 0 Å². The largest absolute Gasteiger partial charge is 0.334 e. The lowest BCUT2D eigenvalue weighted by molar-refractivity contribution is 0.880. The summed E-state index contributed by atoms with van der Waals surface area (Å²) in [5.74, 6) is 0. The van der Waals surface area contributed by atoms with Crippen LogP contribution in [0.1, 0.15) is 0 Å². The quantitative estimate of drug-likeness (QED) is 0.669. The third-order valence-electron chi connectivity index (χ3n) is 2.72. The molecule has 0 bridgehead atoms. The van der Waals surface area contributed by atoms with Crippen LogP contribution in [-0.4, -0.2) is 19.3 Å². The van der Waals surface area contributed by atoms with Gasteiger partial charge in [0.1, 0.15) is 0 Å². The lowest BCUT2D eigenvalue weighted by Crippen LogP contribution is -1.92. The van der Waals surface area contributed by atoms with Gasteiger partial charge >= 0.3 is 0 Å². The number of nitrogens with zero attached hydrogens (tertiary/aromatic N) is 4. The fraction of sp³-hybridized carbons (Fsp3) is 0.0769. The summed E-state index contributed by atoms with van der Waals surface area (Å²) in [7, 11) is 1.97. The van der Waals surface area contributed by atoms with E-state index in [1.807, 2.05) is 65.2 Å². The Morgan fingerprint density at radius 2 is 1.88 bits per heavy atom. The number of rotatable bonds is 2. The first-order valence-electron chi connectivity index (χ1n) is 5.41. The molecule has 0 N–H and O–H groups in total. The van der Waals surface area contributed by atoms with Crippen LogP contribution in [0.5, 0.6) is 0 Å². The highest BCUT2D eigenvalue weighted by Gasteiger charge is 2.05. The van der Waals surface area contributed by atoms with Gasteiger partial charge in [-0.05, 0) is 12.1 Å². The summed E-state index contributed by atoms with van der Waals surface area (Å²) in [6.45, 7) is 0. The van der Waals surface area contributed by atoms with E-state index in [0.29, 0.717) is 0 Å². The molecule has 0 aliphatic heterocycles. The van der Waals surface area contributed by atoms with Gasteiger partial charge in [0.2, 0.25) is 0 Å². The van der Waals surface area contributed by atoms with E-state index in [1.54, 1.807) is 6.33 Å². The van der Waals surface area contributed by atoms with Gasteiger partial charge in [-0.2, -0.15) is 5.10 Å². The van der Waals surface area contributed by atoms with Crippen LogP contribution in [0.2, 0.25) is 0 Å². The molecule has 0 amide bonds. The number of para-hydroxylation sites is 1. The molecule has 0 spiro atoms. The number of hydrogen-bond acceptors (Lipinski definition) is 2. The smallest absolute Gasteiger partial charge is 0.0948 e. The fourth-order valence-electron chi connectivity index (χ4n) is 1.81. The van der Waals surface area contributed by atoms with Gasteiger partial charge in [-0.15, -0.1) is 0 Å².